The van der Waals surface area contributed by atoms with Crippen LogP contribution in [0.1, 0.15) is 10.5 Å². The number of fused-ring (bicyclic) bond motifs is 1. The molecule has 0 radical (unpaired) electrons. The Hall–Kier alpha value is -2.30. The van der Waals surface area contributed by atoms with Gasteiger partial charge in [-0.05, 0) is 6.07 Å². The van der Waals surface area contributed by atoms with Gasteiger partial charge in [0, 0.05) is 38.6 Å². The molecule has 0 unspecified atom stereocenters. The van der Waals surface area contributed by atoms with Crippen molar-refractivity contribution in [1.82, 2.24) is 14.3 Å². The van der Waals surface area contributed by atoms with Crippen molar-refractivity contribution >= 4 is 11.4 Å². The molecule has 0 fully saturated rings. The minimum absolute atomic E-state index is 0.0821. The van der Waals surface area contributed by atoms with Crippen molar-refractivity contribution < 1.29 is 9.53 Å². The number of nitrogens with zero attached hydrogens (tertiary/aromatic N) is 3. The molecule has 0 saturated carbocycles. The number of carbonyl (C=O) groups excluding carboxylic acids is 1. The molecule has 5 nitrogen and oxygen atoms in total. The lowest BCUT2D eigenvalue weighted by Crippen LogP contribution is -2.04. The molecular formula is C13H15N3O2. The second-order valence-corrected chi connectivity index (χ2v) is 4.08. The first kappa shape index (κ1) is 12.2. The third-order valence-electron chi connectivity index (χ3n) is 2.50. The number of hydrogen-bond acceptors (Lipinski definition) is 4. The van der Waals surface area contributed by atoms with E-state index in [1.165, 1.54) is 6.08 Å². The molecular weight excluding hydrogens is 230 g/mol. The van der Waals surface area contributed by atoms with E-state index < -0.39 is 0 Å². The first-order chi connectivity index (χ1) is 8.61. The van der Waals surface area contributed by atoms with Crippen LogP contribution in [0.4, 0.5) is 0 Å². The van der Waals surface area contributed by atoms with Crippen LogP contribution in [-0.4, -0.2) is 41.3 Å². The maximum Gasteiger partial charge on any atom is 0.205 e. The number of rotatable bonds is 4. The van der Waals surface area contributed by atoms with Gasteiger partial charge in [-0.2, -0.15) is 0 Å². The Morgan fingerprint density at radius 1 is 1.50 bits per heavy atom. The molecule has 0 amide bonds. The highest BCUT2D eigenvalue weighted by atomic mass is 16.5. The Kier molecular flexibility index (Phi) is 3.32. The summed E-state index contributed by atoms with van der Waals surface area (Å²) < 4.78 is 6.85. The predicted octanol–water partition coefficient (Wildman–Crippen LogP) is 1.60. The quantitative estimate of drug-likeness (QED) is 0.606. The summed E-state index contributed by atoms with van der Waals surface area (Å²) in [4.78, 5) is 18.0. The van der Waals surface area contributed by atoms with E-state index in [1.54, 1.807) is 42.2 Å². The summed E-state index contributed by atoms with van der Waals surface area (Å²) >= 11 is 0. The van der Waals surface area contributed by atoms with Gasteiger partial charge in [-0.25, -0.2) is 4.98 Å². The van der Waals surface area contributed by atoms with Gasteiger partial charge < -0.3 is 9.64 Å². The largest absolute Gasteiger partial charge is 0.497 e. The number of pyridine rings is 1. The van der Waals surface area contributed by atoms with Crippen molar-refractivity contribution in [2.24, 2.45) is 0 Å². The number of ether oxygens (including phenoxy) is 1. The third-order valence-corrected chi connectivity index (χ3v) is 2.50. The molecule has 5 heteroatoms. The van der Waals surface area contributed by atoms with Gasteiger partial charge in [-0.1, -0.05) is 0 Å². The van der Waals surface area contributed by atoms with E-state index in [2.05, 4.69) is 4.98 Å². The van der Waals surface area contributed by atoms with E-state index in [-0.39, 0.29) is 5.78 Å². The zero-order valence-corrected chi connectivity index (χ0v) is 10.6. The van der Waals surface area contributed by atoms with E-state index >= 15 is 0 Å². The monoisotopic (exact) mass is 245 g/mol. The van der Waals surface area contributed by atoms with Gasteiger partial charge in [0.2, 0.25) is 5.78 Å². The smallest absolute Gasteiger partial charge is 0.205 e. The molecule has 2 heterocycles. The van der Waals surface area contributed by atoms with Gasteiger partial charge in [0.05, 0.1) is 13.3 Å². The van der Waals surface area contributed by atoms with Gasteiger partial charge >= 0.3 is 0 Å². The van der Waals surface area contributed by atoms with Gasteiger partial charge in [0.1, 0.15) is 17.1 Å². The zero-order valence-electron chi connectivity index (χ0n) is 10.6. The SMILES string of the molecule is COc1ccn2c(C(=O)C=CN(C)C)cnc2c1. The normalized spacial score (nSPS) is 11.1. The number of hydrogen-bond donors (Lipinski definition) is 0. The Balaban J connectivity index is 2.37. The lowest BCUT2D eigenvalue weighted by Gasteiger charge is -2.03. The minimum Gasteiger partial charge on any atom is -0.497 e. The van der Waals surface area contributed by atoms with Crippen molar-refractivity contribution in [2.75, 3.05) is 21.2 Å². The molecule has 0 spiro atoms. The van der Waals surface area contributed by atoms with Crippen molar-refractivity contribution in [3.8, 4) is 5.75 Å². The topological polar surface area (TPSA) is 46.8 Å². The summed E-state index contributed by atoms with van der Waals surface area (Å²) in [6, 6.07) is 3.58. The van der Waals surface area contributed by atoms with Crippen molar-refractivity contribution in [1.29, 1.82) is 0 Å². The Morgan fingerprint density at radius 3 is 2.94 bits per heavy atom. The van der Waals surface area contributed by atoms with Crippen LogP contribution in [0.3, 0.4) is 0 Å². The van der Waals surface area contributed by atoms with Gasteiger partial charge in [-0.15, -0.1) is 0 Å². The highest BCUT2D eigenvalue weighted by Gasteiger charge is 2.09. The maximum absolute atomic E-state index is 12.0. The van der Waals surface area contributed by atoms with Crippen molar-refractivity contribution in [2.45, 2.75) is 0 Å². The van der Waals surface area contributed by atoms with Crippen LogP contribution >= 0.6 is 0 Å². The highest BCUT2D eigenvalue weighted by Crippen LogP contribution is 2.15. The molecule has 0 atom stereocenters. The lowest BCUT2D eigenvalue weighted by molar-refractivity contribution is 0.104. The van der Waals surface area contributed by atoms with Crippen LogP contribution in [0.25, 0.3) is 5.65 Å². The zero-order chi connectivity index (χ0) is 13.1. The van der Waals surface area contributed by atoms with Gasteiger partial charge in [0.15, 0.2) is 0 Å². The molecule has 18 heavy (non-hydrogen) atoms. The van der Waals surface area contributed by atoms with Crippen molar-refractivity contribution in [3.63, 3.8) is 0 Å². The van der Waals surface area contributed by atoms with Gasteiger partial charge in [-0.3, -0.25) is 9.20 Å². The standard InChI is InChI=1S/C13H15N3O2/c1-15(2)6-5-12(17)11-9-14-13-8-10(18-3)4-7-16(11)13/h4-9H,1-3H3. The number of aromatic nitrogens is 2. The van der Waals surface area contributed by atoms with Crippen LogP contribution in [-0.2, 0) is 0 Å². The fourth-order valence-corrected chi connectivity index (χ4v) is 1.57. The molecule has 2 aromatic heterocycles. The number of allylic oxidation sites excluding steroid dienone is 1. The van der Waals surface area contributed by atoms with Crippen LogP contribution < -0.4 is 4.74 Å². The summed E-state index contributed by atoms with van der Waals surface area (Å²) in [6.45, 7) is 0. The van der Waals surface area contributed by atoms with E-state index in [9.17, 15) is 4.79 Å². The molecule has 94 valence electrons. The van der Waals surface area contributed by atoms with Crippen LogP contribution in [0.2, 0.25) is 0 Å². The molecule has 2 rings (SSSR count). The van der Waals surface area contributed by atoms with Crippen LogP contribution in [0.15, 0.2) is 36.8 Å². The maximum atomic E-state index is 12.0. The summed E-state index contributed by atoms with van der Waals surface area (Å²) in [7, 11) is 5.33. The van der Waals surface area contributed by atoms with E-state index in [1.807, 2.05) is 19.0 Å². The fourth-order valence-electron chi connectivity index (χ4n) is 1.57. The Morgan fingerprint density at radius 2 is 2.28 bits per heavy atom. The molecule has 0 saturated heterocycles. The number of ketones is 1. The molecule has 0 aliphatic carbocycles. The summed E-state index contributed by atoms with van der Waals surface area (Å²) in [5, 5.41) is 0. The number of imidazole rings is 1. The van der Waals surface area contributed by atoms with E-state index in [0.29, 0.717) is 11.3 Å². The van der Waals surface area contributed by atoms with E-state index in [4.69, 9.17) is 4.74 Å². The molecule has 0 bridgehead atoms. The second-order valence-electron chi connectivity index (χ2n) is 4.08. The average molecular weight is 245 g/mol. The highest BCUT2D eigenvalue weighted by molar-refractivity contribution is 6.03. The first-order valence-electron chi connectivity index (χ1n) is 5.52. The molecule has 0 aliphatic heterocycles. The fraction of sp³-hybridized carbons (Fsp3) is 0.231. The summed E-state index contributed by atoms with van der Waals surface area (Å²) in [6.07, 6.45) is 6.58. The minimum atomic E-state index is -0.0821. The molecule has 2 aromatic rings. The Labute approximate surface area is 105 Å². The van der Waals surface area contributed by atoms with Gasteiger partial charge in [0.25, 0.3) is 0 Å². The predicted molar refractivity (Wildman–Crippen MR) is 68.9 cm³/mol. The Bertz CT molecular complexity index is 599. The van der Waals surface area contributed by atoms with Crippen LogP contribution in [0.5, 0.6) is 5.75 Å². The third kappa shape index (κ3) is 2.34. The number of methoxy groups -OCH3 is 1. The molecule has 0 N–H and O–H groups in total. The average Bonchev–Trinajstić information content (AvgIpc) is 2.78. The summed E-state index contributed by atoms with van der Waals surface area (Å²) in [5.74, 6) is 0.636. The van der Waals surface area contributed by atoms with E-state index in [0.717, 1.165) is 5.75 Å². The molecule has 0 aromatic carbocycles. The summed E-state index contributed by atoms with van der Waals surface area (Å²) in [5.41, 5.74) is 1.22. The van der Waals surface area contributed by atoms with Crippen molar-refractivity contribution in [3.05, 3.63) is 42.5 Å². The lowest BCUT2D eigenvalue weighted by atomic mass is 10.3. The second kappa shape index (κ2) is 4.91. The number of carbonyl (C=O) groups is 1. The first-order valence-corrected chi connectivity index (χ1v) is 5.52. The molecule has 0 aliphatic rings. The van der Waals surface area contributed by atoms with Crippen LogP contribution in [0, 0.1) is 0 Å².